The Balaban J connectivity index is 3.04. The molecule has 0 rings (SSSR count). The molecule has 4 heteroatoms. The minimum absolute atomic E-state index is 0.0760. The molecule has 12 heavy (non-hydrogen) atoms. The molecule has 0 bridgehead atoms. The maximum atomic E-state index is 4.57. The summed E-state index contributed by atoms with van der Waals surface area (Å²) in [6.45, 7) is 4.48. The van der Waals surface area contributed by atoms with Crippen LogP contribution in [0.1, 0.15) is 39.5 Å². The van der Waals surface area contributed by atoms with Gasteiger partial charge in [0.1, 0.15) is 0 Å². The van der Waals surface area contributed by atoms with Crippen LogP contribution in [-0.4, -0.2) is 11.5 Å². The van der Waals surface area contributed by atoms with Gasteiger partial charge < -0.3 is 0 Å². The summed E-state index contributed by atoms with van der Waals surface area (Å²) in [5.41, 5.74) is -0.0760. The number of hydrogen-bond donors (Lipinski definition) is 1. The smallest absolute Gasteiger partial charge is 0.0697 e. The van der Waals surface area contributed by atoms with Gasteiger partial charge in [0, 0.05) is 0 Å². The fourth-order valence-electron chi connectivity index (χ4n) is 0.611. The topological polar surface area (TPSA) is 0 Å². The van der Waals surface area contributed by atoms with E-state index in [-0.39, 0.29) is 5.53 Å². The van der Waals surface area contributed by atoms with Gasteiger partial charge in [-0.1, -0.05) is 26.7 Å². The normalized spacial score (nSPS) is 11.0. The van der Waals surface area contributed by atoms with Gasteiger partial charge >= 0.3 is 0 Å². The van der Waals surface area contributed by atoms with Gasteiger partial charge in [0.25, 0.3) is 0 Å². The van der Waals surface area contributed by atoms with Crippen LogP contribution in [0, 0.1) is 0 Å². The van der Waals surface area contributed by atoms with Gasteiger partial charge in [0.15, 0.2) is 0 Å². The molecule has 0 aromatic carbocycles. The molecule has 0 saturated carbocycles. The maximum absolute atomic E-state index is 4.57. The SMILES string of the molecule is CCCCSP(S)SCCCC. The van der Waals surface area contributed by atoms with E-state index in [4.69, 9.17) is 0 Å². The van der Waals surface area contributed by atoms with Crippen LogP contribution in [0.4, 0.5) is 0 Å². The Kier molecular flexibility index (Phi) is 11.9. The Hall–Kier alpha value is 1.48. The number of unbranched alkanes of at least 4 members (excludes halogenated alkanes) is 2. The monoisotopic (exact) mass is 242 g/mol. The fourth-order valence-corrected chi connectivity index (χ4v) is 7.25. The summed E-state index contributed by atoms with van der Waals surface area (Å²) < 4.78 is 0. The summed E-state index contributed by atoms with van der Waals surface area (Å²) in [5, 5.41) is 0. The predicted octanol–water partition coefficient (Wildman–Crippen LogP) is 5.21. The van der Waals surface area contributed by atoms with Crippen molar-refractivity contribution in [1.29, 1.82) is 0 Å². The predicted molar refractivity (Wildman–Crippen MR) is 70.6 cm³/mol. The fraction of sp³-hybridized carbons (Fsp3) is 1.00. The largest absolute Gasteiger partial charge is 0.130 e. The van der Waals surface area contributed by atoms with Crippen molar-refractivity contribution in [2.75, 3.05) is 11.5 Å². The molecule has 0 radical (unpaired) electrons. The van der Waals surface area contributed by atoms with E-state index in [1.807, 2.05) is 22.8 Å². The second-order valence-electron chi connectivity index (χ2n) is 2.61. The zero-order valence-electron chi connectivity index (χ0n) is 7.95. The highest BCUT2D eigenvalue weighted by molar-refractivity contribution is 9.09. The van der Waals surface area contributed by atoms with E-state index in [9.17, 15) is 0 Å². The van der Waals surface area contributed by atoms with Gasteiger partial charge in [-0.2, -0.15) is 0 Å². The Morgan fingerprint density at radius 3 is 1.75 bits per heavy atom. The Labute approximate surface area is 91.4 Å². The Bertz CT molecular complexity index is 80.4. The second-order valence-corrected chi connectivity index (χ2v) is 11.7. The summed E-state index contributed by atoms with van der Waals surface area (Å²) in [6.07, 6.45) is 5.31. The van der Waals surface area contributed by atoms with Crippen molar-refractivity contribution in [1.82, 2.24) is 0 Å². The molecule has 0 N–H and O–H groups in total. The molecule has 74 valence electrons. The molecule has 0 fully saturated rings. The number of thiol groups is 1. The number of hydrogen-bond acceptors (Lipinski definition) is 3. The molecule has 0 unspecified atom stereocenters. The van der Waals surface area contributed by atoms with Crippen molar-refractivity contribution in [3.63, 3.8) is 0 Å². The van der Waals surface area contributed by atoms with Gasteiger partial charge in [0.05, 0.1) is 5.53 Å². The van der Waals surface area contributed by atoms with Crippen molar-refractivity contribution in [3.05, 3.63) is 0 Å². The quantitative estimate of drug-likeness (QED) is 0.352. The van der Waals surface area contributed by atoms with E-state index in [0.29, 0.717) is 0 Å². The first-order valence-electron chi connectivity index (χ1n) is 4.56. The highest BCUT2D eigenvalue weighted by atomic mass is 33.4. The van der Waals surface area contributed by atoms with E-state index in [1.54, 1.807) is 0 Å². The van der Waals surface area contributed by atoms with E-state index < -0.39 is 0 Å². The average molecular weight is 242 g/mol. The molecule has 0 aliphatic rings. The molecule has 0 aromatic rings. The van der Waals surface area contributed by atoms with Crippen molar-refractivity contribution < 1.29 is 0 Å². The molecule has 0 saturated heterocycles. The minimum atomic E-state index is -0.0760. The lowest BCUT2D eigenvalue weighted by Gasteiger charge is -2.08. The Morgan fingerprint density at radius 1 is 1.00 bits per heavy atom. The minimum Gasteiger partial charge on any atom is -0.130 e. The molecule has 0 aliphatic carbocycles. The van der Waals surface area contributed by atoms with Crippen LogP contribution < -0.4 is 0 Å². The molecular weight excluding hydrogens is 223 g/mol. The van der Waals surface area contributed by atoms with Crippen LogP contribution in [0.25, 0.3) is 0 Å². The second kappa shape index (κ2) is 10.6. The molecule has 0 aromatic heterocycles. The molecule has 0 heterocycles. The van der Waals surface area contributed by atoms with E-state index in [2.05, 4.69) is 26.1 Å². The third-order valence-electron chi connectivity index (χ3n) is 1.40. The molecule has 0 amide bonds. The first kappa shape index (κ1) is 13.5. The molecule has 0 nitrogen and oxygen atoms in total. The molecule has 0 atom stereocenters. The van der Waals surface area contributed by atoms with Gasteiger partial charge in [-0.25, -0.2) is 0 Å². The summed E-state index contributed by atoms with van der Waals surface area (Å²) in [4.78, 5) is 0. The average Bonchev–Trinajstić information content (AvgIpc) is 2.06. The van der Waals surface area contributed by atoms with Crippen LogP contribution in [0.15, 0.2) is 0 Å². The first-order chi connectivity index (χ1) is 5.81. The summed E-state index contributed by atoms with van der Waals surface area (Å²) in [5.74, 6) is 2.59. The van der Waals surface area contributed by atoms with Crippen molar-refractivity contribution >= 4 is 40.5 Å². The molecule has 0 aliphatic heterocycles. The van der Waals surface area contributed by atoms with Crippen LogP contribution in [0.2, 0.25) is 0 Å². The van der Waals surface area contributed by atoms with Crippen LogP contribution in [0.5, 0.6) is 0 Å². The molecular formula is C8H19PS3. The third-order valence-corrected chi connectivity index (χ3v) is 9.18. The van der Waals surface area contributed by atoms with Gasteiger partial charge in [-0.15, -0.1) is 35.0 Å². The van der Waals surface area contributed by atoms with Crippen LogP contribution in [-0.2, 0) is 0 Å². The lowest BCUT2D eigenvalue weighted by molar-refractivity contribution is 0.898. The van der Waals surface area contributed by atoms with E-state index in [1.165, 1.54) is 37.2 Å². The standard InChI is InChI=1S/C8H19PS3/c1-3-5-7-11-9(10)12-8-6-4-2/h10H,3-8H2,1-2H3. The van der Waals surface area contributed by atoms with Gasteiger partial charge in [-0.3, -0.25) is 0 Å². The zero-order chi connectivity index (χ0) is 9.23. The van der Waals surface area contributed by atoms with Crippen molar-refractivity contribution in [2.45, 2.75) is 39.5 Å². The lowest BCUT2D eigenvalue weighted by atomic mass is 10.4. The van der Waals surface area contributed by atoms with Crippen LogP contribution in [0.3, 0.4) is 0 Å². The highest BCUT2D eigenvalue weighted by Crippen LogP contribution is 2.64. The zero-order valence-corrected chi connectivity index (χ0v) is 11.4. The van der Waals surface area contributed by atoms with Crippen molar-refractivity contribution in [2.24, 2.45) is 0 Å². The van der Waals surface area contributed by atoms with E-state index >= 15 is 0 Å². The van der Waals surface area contributed by atoms with Crippen LogP contribution >= 0.6 is 40.5 Å². The summed E-state index contributed by atoms with van der Waals surface area (Å²) in [6, 6.07) is 0. The molecule has 0 spiro atoms. The first-order valence-corrected chi connectivity index (χ1v) is 10.2. The van der Waals surface area contributed by atoms with Gasteiger partial charge in [-0.05, 0) is 24.3 Å². The maximum Gasteiger partial charge on any atom is 0.0697 e. The van der Waals surface area contributed by atoms with E-state index in [0.717, 1.165) is 0 Å². The van der Waals surface area contributed by atoms with Crippen molar-refractivity contribution in [3.8, 4) is 0 Å². The third kappa shape index (κ3) is 9.57. The Morgan fingerprint density at radius 2 is 1.42 bits per heavy atom. The highest BCUT2D eigenvalue weighted by Gasteiger charge is 2.02. The summed E-state index contributed by atoms with van der Waals surface area (Å²) >= 11 is 8.65. The lowest BCUT2D eigenvalue weighted by Crippen LogP contribution is -1.74. The number of rotatable bonds is 8. The van der Waals surface area contributed by atoms with Gasteiger partial charge in [0.2, 0.25) is 0 Å². The summed E-state index contributed by atoms with van der Waals surface area (Å²) in [7, 11) is 0.